The molecule has 0 saturated heterocycles. The lowest BCUT2D eigenvalue weighted by Gasteiger charge is -2.22. The second kappa shape index (κ2) is 13.6. The zero-order chi connectivity index (χ0) is 18.5. The summed E-state index contributed by atoms with van der Waals surface area (Å²) in [6.45, 7) is 23.0. The molecule has 1 nitrogen and oxygen atoms in total. The molecule has 0 aromatic rings. The number of allylic oxidation sites excluding steroid dienone is 2. The van der Waals surface area contributed by atoms with Crippen LogP contribution in [-0.4, -0.2) is 6.54 Å². The molecular weight excluding hydrogens is 290 g/mol. The molecular formula is C23H45N. The van der Waals surface area contributed by atoms with Crippen LogP contribution in [0, 0.1) is 23.7 Å². The average molecular weight is 336 g/mol. The summed E-state index contributed by atoms with van der Waals surface area (Å²) in [6, 6.07) is 0. The maximum absolute atomic E-state index is 4.16. The van der Waals surface area contributed by atoms with E-state index in [0.717, 1.165) is 18.4 Å². The molecule has 0 aliphatic rings. The lowest BCUT2D eigenvalue weighted by Crippen LogP contribution is -2.26. The number of unbranched alkanes of at least 4 members (excludes halogenated alkanes) is 5. The lowest BCUT2D eigenvalue weighted by atomic mass is 9.90. The third-order valence-electron chi connectivity index (χ3n) is 5.54. The van der Waals surface area contributed by atoms with Crippen molar-refractivity contribution in [2.75, 3.05) is 6.54 Å². The molecule has 2 atom stereocenters. The molecule has 0 amide bonds. The van der Waals surface area contributed by atoms with Crippen LogP contribution in [-0.2, 0) is 0 Å². The number of hydrogen-bond donors (Lipinski definition) is 1. The minimum Gasteiger partial charge on any atom is -0.388 e. The summed E-state index contributed by atoms with van der Waals surface area (Å²) in [5.41, 5.74) is 2.60. The van der Waals surface area contributed by atoms with E-state index in [4.69, 9.17) is 0 Å². The highest BCUT2D eigenvalue weighted by Gasteiger charge is 2.12. The van der Waals surface area contributed by atoms with Gasteiger partial charge >= 0.3 is 0 Å². The van der Waals surface area contributed by atoms with Crippen LogP contribution in [0.3, 0.4) is 0 Å². The van der Waals surface area contributed by atoms with Gasteiger partial charge in [0.05, 0.1) is 0 Å². The van der Waals surface area contributed by atoms with E-state index in [1.807, 2.05) is 0 Å². The third kappa shape index (κ3) is 11.8. The predicted molar refractivity (Wildman–Crippen MR) is 111 cm³/mol. The Morgan fingerprint density at radius 1 is 0.708 bits per heavy atom. The molecule has 0 radical (unpaired) electrons. The van der Waals surface area contributed by atoms with Gasteiger partial charge in [-0.25, -0.2) is 0 Å². The largest absolute Gasteiger partial charge is 0.388 e. The molecule has 1 N–H and O–H groups in total. The Bertz CT molecular complexity index is 340. The van der Waals surface area contributed by atoms with Crippen molar-refractivity contribution in [3.8, 4) is 0 Å². The molecule has 0 spiro atoms. The van der Waals surface area contributed by atoms with Crippen LogP contribution in [0.25, 0.3) is 0 Å². The fraction of sp³-hybridized carbons (Fsp3) is 0.826. The fourth-order valence-corrected chi connectivity index (χ4v) is 2.80. The van der Waals surface area contributed by atoms with Gasteiger partial charge in [0.15, 0.2) is 0 Å². The smallest absolute Gasteiger partial charge is 0.0172 e. The van der Waals surface area contributed by atoms with Crippen molar-refractivity contribution >= 4 is 0 Å². The minimum absolute atomic E-state index is 0.533. The van der Waals surface area contributed by atoms with Crippen molar-refractivity contribution in [3.63, 3.8) is 0 Å². The van der Waals surface area contributed by atoms with Gasteiger partial charge in [-0.1, -0.05) is 98.8 Å². The number of hydrogen-bond acceptors (Lipinski definition) is 1. The average Bonchev–Trinajstić information content (AvgIpc) is 2.53. The van der Waals surface area contributed by atoms with Crippen molar-refractivity contribution in [1.82, 2.24) is 5.32 Å². The maximum Gasteiger partial charge on any atom is 0.0172 e. The summed E-state index contributed by atoms with van der Waals surface area (Å²) in [6.07, 6.45) is 10.9. The quantitative estimate of drug-likeness (QED) is 0.243. The first kappa shape index (κ1) is 23.3. The summed E-state index contributed by atoms with van der Waals surface area (Å²) >= 11 is 0. The van der Waals surface area contributed by atoms with Crippen LogP contribution in [0.15, 0.2) is 24.4 Å². The summed E-state index contributed by atoms with van der Waals surface area (Å²) in [4.78, 5) is 0. The molecule has 0 bridgehead atoms. The summed E-state index contributed by atoms with van der Waals surface area (Å²) < 4.78 is 0. The van der Waals surface area contributed by atoms with Crippen LogP contribution >= 0.6 is 0 Å². The summed E-state index contributed by atoms with van der Waals surface area (Å²) in [7, 11) is 0. The van der Waals surface area contributed by atoms with Crippen molar-refractivity contribution in [1.29, 1.82) is 0 Å². The molecule has 142 valence electrons. The van der Waals surface area contributed by atoms with Gasteiger partial charge in [0.1, 0.15) is 0 Å². The second-order valence-corrected chi connectivity index (χ2v) is 8.49. The van der Waals surface area contributed by atoms with E-state index >= 15 is 0 Å². The standard InChI is InChI=1S/C23H45N/c1-18(2)20(5)15-13-11-9-10-12-14-16-21(6)22(7)17-24-23(8)19(3)4/h18-19,21-22,24H,5,8-17H2,1-4,6-7H3. The van der Waals surface area contributed by atoms with Gasteiger partial charge in [-0.2, -0.15) is 0 Å². The van der Waals surface area contributed by atoms with E-state index in [1.165, 1.54) is 62.6 Å². The summed E-state index contributed by atoms with van der Waals surface area (Å²) in [5.74, 6) is 2.71. The van der Waals surface area contributed by atoms with Crippen LogP contribution in [0.2, 0.25) is 0 Å². The maximum atomic E-state index is 4.16. The van der Waals surface area contributed by atoms with Crippen LogP contribution in [0.1, 0.15) is 92.9 Å². The first-order valence-electron chi connectivity index (χ1n) is 10.4. The third-order valence-corrected chi connectivity index (χ3v) is 5.54. The van der Waals surface area contributed by atoms with Crippen LogP contribution < -0.4 is 5.32 Å². The van der Waals surface area contributed by atoms with Crippen molar-refractivity contribution < 1.29 is 0 Å². The Kier molecular flexibility index (Phi) is 13.2. The highest BCUT2D eigenvalue weighted by Crippen LogP contribution is 2.20. The molecule has 0 heterocycles. The Morgan fingerprint density at radius 3 is 1.79 bits per heavy atom. The monoisotopic (exact) mass is 335 g/mol. The highest BCUT2D eigenvalue weighted by molar-refractivity contribution is 4.96. The van der Waals surface area contributed by atoms with Crippen molar-refractivity contribution in [3.05, 3.63) is 24.4 Å². The van der Waals surface area contributed by atoms with Crippen LogP contribution in [0.4, 0.5) is 0 Å². The highest BCUT2D eigenvalue weighted by atomic mass is 14.9. The molecule has 0 aliphatic heterocycles. The van der Waals surface area contributed by atoms with E-state index in [2.05, 4.69) is 60.0 Å². The molecule has 2 unspecified atom stereocenters. The van der Waals surface area contributed by atoms with Crippen molar-refractivity contribution in [2.45, 2.75) is 92.9 Å². The van der Waals surface area contributed by atoms with Gasteiger partial charge in [-0.3, -0.25) is 0 Å². The number of nitrogens with one attached hydrogen (secondary N) is 1. The Morgan fingerprint density at radius 2 is 1.25 bits per heavy atom. The van der Waals surface area contributed by atoms with Gasteiger partial charge in [0, 0.05) is 12.2 Å². The minimum atomic E-state index is 0.533. The van der Waals surface area contributed by atoms with Crippen LogP contribution in [0.5, 0.6) is 0 Å². The second-order valence-electron chi connectivity index (χ2n) is 8.49. The molecule has 1 heteroatoms. The Labute approximate surface area is 153 Å². The predicted octanol–water partition coefficient (Wildman–Crippen LogP) is 7.35. The normalized spacial score (nSPS) is 14.0. The first-order valence-corrected chi connectivity index (χ1v) is 10.4. The molecule has 0 saturated carbocycles. The number of rotatable bonds is 15. The van der Waals surface area contributed by atoms with E-state index in [9.17, 15) is 0 Å². The molecule has 24 heavy (non-hydrogen) atoms. The fourth-order valence-electron chi connectivity index (χ4n) is 2.80. The van der Waals surface area contributed by atoms with E-state index < -0.39 is 0 Å². The summed E-state index contributed by atoms with van der Waals surface area (Å²) in [5, 5.41) is 3.50. The van der Waals surface area contributed by atoms with Gasteiger partial charge in [-0.05, 0) is 36.5 Å². The van der Waals surface area contributed by atoms with E-state index in [1.54, 1.807) is 0 Å². The van der Waals surface area contributed by atoms with E-state index in [0.29, 0.717) is 11.8 Å². The van der Waals surface area contributed by atoms with Gasteiger partial charge in [0.25, 0.3) is 0 Å². The first-order chi connectivity index (χ1) is 11.3. The lowest BCUT2D eigenvalue weighted by molar-refractivity contribution is 0.340. The molecule has 0 rings (SSSR count). The zero-order valence-electron chi connectivity index (χ0n) is 17.6. The van der Waals surface area contributed by atoms with Gasteiger partial charge in [0.2, 0.25) is 0 Å². The van der Waals surface area contributed by atoms with Crippen molar-refractivity contribution in [2.24, 2.45) is 23.7 Å². The topological polar surface area (TPSA) is 12.0 Å². The Balaban J connectivity index is 3.56. The van der Waals surface area contributed by atoms with Gasteiger partial charge < -0.3 is 5.32 Å². The van der Waals surface area contributed by atoms with E-state index in [-0.39, 0.29) is 0 Å². The Hall–Kier alpha value is -0.720. The molecule has 0 aromatic carbocycles. The SMILES string of the molecule is C=C(CCCCCCCCC(C)C(C)CNC(=C)C(C)C)C(C)C. The zero-order valence-corrected chi connectivity index (χ0v) is 17.6. The van der Waals surface area contributed by atoms with Gasteiger partial charge in [-0.15, -0.1) is 0 Å². The molecule has 0 aliphatic carbocycles. The molecule has 0 fully saturated rings. The molecule has 0 aromatic heterocycles.